The molecule has 0 saturated carbocycles. The van der Waals surface area contributed by atoms with Gasteiger partial charge in [0.1, 0.15) is 11.4 Å². The number of unbranched alkanes of at least 4 members (excludes halogenated alkanes) is 1. The number of ether oxygens (including phenoxy) is 1. The Hall–Kier alpha value is -3.03. The van der Waals surface area contributed by atoms with Gasteiger partial charge in [-0.15, -0.1) is 0 Å². The van der Waals surface area contributed by atoms with Crippen LogP contribution in [0.25, 0.3) is 11.2 Å². The molecule has 8 nitrogen and oxygen atoms in total. The van der Waals surface area contributed by atoms with Crippen LogP contribution < -0.4 is 25.5 Å². The number of hydrogen-bond acceptors (Lipinski definition) is 4. The van der Waals surface area contributed by atoms with Crippen molar-refractivity contribution in [2.45, 2.75) is 39.8 Å². The van der Waals surface area contributed by atoms with Crippen LogP contribution in [0.5, 0.6) is 5.75 Å². The zero-order valence-electron chi connectivity index (χ0n) is 17.4. The van der Waals surface area contributed by atoms with Gasteiger partial charge in [0, 0.05) is 19.5 Å². The zero-order chi connectivity index (χ0) is 20.7. The predicted octanol–water partition coefficient (Wildman–Crippen LogP) is 1.91. The monoisotopic (exact) mass is 398 g/mol. The molecule has 0 spiro atoms. The van der Waals surface area contributed by atoms with Crippen molar-refractivity contribution >= 4 is 22.8 Å². The molecule has 29 heavy (non-hydrogen) atoms. The van der Waals surface area contributed by atoms with E-state index in [0.29, 0.717) is 23.6 Å². The average Bonchev–Trinajstić information content (AvgIpc) is 3.11. The van der Waals surface area contributed by atoms with E-state index < -0.39 is 0 Å². The lowest BCUT2D eigenvalue weighted by Gasteiger charge is -2.26. The van der Waals surface area contributed by atoms with Gasteiger partial charge in [-0.05, 0) is 30.7 Å². The SMILES string of the molecule is CCCCn1c(=O)c2c([nH]c3[n+]2C[C@@H](C)CN3c2ccc(OC)cc2)n(C)c1=O. The standard InChI is InChI=1S/C21H27N5O3/c1-5-6-11-24-19(27)17-18(23(3)21(24)28)22-20-25(12-14(2)13-26(17)20)15-7-9-16(29-4)10-8-15/h7-10,14H,5-6,11-13H2,1-4H3/p+1/t14-/m0/s1. The third-order valence-electron chi connectivity index (χ3n) is 5.64. The Labute approximate surface area is 169 Å². The van der Waals surface area contributed by atoms with E-state index in [1.807, 2.05) is 28.8 Å². The number of aryl methyl sites for hydroxylation is 1. The van der Waals surface area contributed by atoms with E-state index in [9.17, 15) is 9.59 Å². The highest BCUT2D eigenvalue weighted by Gasteiger charge is 2.35. The highest BCUT2D eigenvalue weighted by atomic mass is 16.5. The third-order valence-corrected chi connectivity index (χ3v) is 5.64. The number of nitrogens with one attached hydrogen (secondary N) is 1. The minimum atomic E-state index is -0.279. The highest BCUT2D eigenvalue weighted by Crippen LogP contribution is 2.29. The summed E-state index contributed by atoms with van der Waals surface area (Å²) in [5.74, 6) is 1.96. The van der Waals surface area contributed by atoms with Crippen LogP contribution in [0.3, 0.4) is 0 Å². The number of benzene rings is 1. The molecule has 1 atom stereocenters. The van der Waals surface area contributed by atoms with Gasteiger partial charge < -0.3 is 4.74 Å². The minimum Gasteiger partial charge on any atom is -0.497 e. The van der Waals surface area contributed by atoms with E-state index in [1.54, 1.807) is 18.7 Å². The third kappa shape index (κ3) is 3.12. The largest absolute Gasteiger partial charge is 0.497 e. The first-order valence-corrected chi connectivity index (χ1v) is 10.1. The van der Waals surface area contributed by atoms with Gasteiger partial charge in [-0.2, -0.15) is 0 Å². The van der Waals surface area contributed by atoms with Crippen molar-refractivity contribution in [3.63, 3.8) is 0 Å². The molecule has 0 amide bonds. The molecular weight excluding hydrogens is 370 g/mol. The first-order chi connectivity index (χ1) is 14.0. The Morgan fingerprint density at radius 2 is 1.97 bits per heavy atom. The van der Waals surface area contributed by atoms with Crippen LogP contribution in [-0.2, 0) is 20.1 Å². The van der Waals surface area contributed by atoms with Crippen molar-refractivity contribution in [1.82, 2.24) is 14.1 Å². The average molecular weight is 398 g/mol. The lowest BCUT2D eigenvalue weighted by molar-refractivity contribution is -0.669. The molecule has 154 valence electrons. The van der Waals surface area contributed by atoms with Crippen LogP contribution >= 0.6 is 0 Å². The van der Waals surface area contributed by atoms with E-state index in [2.05, 4.69) is 23.7 Å². The number of anilines is 2. The van der Waals surface area contributed by atoms with Crippen molar-refractivity contribution in [2.75, 3.05) is 18.6 Å². The summed E-state index contributed by atoms with van der Waals surface area (Å²) in [5.41, 5.74) is 1.63. The summed E-state index contributed by atoms with van der Waals surface area (Å²) in [4.78, 5) is 31.5. The Kier molecular flexibility index (Phi) is 4.94. The molecule has 1 aliphatic heterocycles. The number of rotatable bonds is 5. The smallest absolute Gasteiger partial charge is 0.364 e. The molecule has 2 aromatic heterocycles. The fourth-order valence-corrected chi connectivity index (χ4v) is 4.08. The van der Waals surface area contributed by atoms with Crippen molar-refractivity contribution in [3.8, 4) is 5.75 Å². The van der Waals surface area contributed by atoms with E-state index >= 15 is 0 Å². The number of methoxy groups -OCH3 is 1. The number of fused-ring (bicyclic) bond motifs is 3. The molecule has 1 N–H and O–H groups in total. The summed E-state index contributed by atoms with van der Waals surface area (Å²) < 4.78 is 10.2. The molecule has 0 bridgehead atoms. The number of H-pyrrole nitrogens is 1. The van der Waals surface area contributed by atoms with Gasteiger partial charge >= 0.3 is 11.6 Å². The normalized spacial score (nSPS) is 16.3. The first-order valence-electron chi connectivity index (χ1n) is 10.1. The molecule has 3 aromatic rings. The topological polar surface area (TPSA) is 76.1 Å². The second-order valence-corrected chi connectivity index (χ2v) is 7.82. The summed E-state index contributed by atoms with van der Waals surface area (Å²) in [5, 5.41) is 0. The second-order valence-electron chi connectivity index (χ2n) is 7.82. The van der Waals surface area contributed by atoms with E-state index in [1.165, 1.54) is 4.57 Å². The quantitative estimate of drug-likeness (QED) is 0.666. The summed E-state index contributed by atoms with van der Waals surface area (Å²) in [6.45, 7) is 6.20. The Bertz CT molecular complexity index is 1160. The molecule has 4 rings (SSSR count). The molecule has 1 aromatic carbocycles. The van der Waals surface area contributed by atoms with Gasteiger partial charge in [0.25, 0.3) is 5.56 Å². The van der Waals surface area contributed by atoms with Gasteiger partial charge in [0.05, 0.1) is 20.2 Å². The number of aromatic nitrogens is 4. The second kappa shape index (κ2) is 7.42. The molecule has 0 radical (unpaired) electrons. The van der Waals surface area contributed by atoms with E-state index in [0.717, 1.165) is 43.3 Å². The van der Waals surface area contributed by atoms with Crippen molar-refractivity contribution in [1.29, 1.82) is 0 Å². The molecule has 1 aliphatic rings. The van der Waals surface area contributed by atoms with E-state index in [4.69, 9.17) is 4.74 Å². The van der Waals surface area contributed by atoms with Crippen LogP contribution in [0.1, 0.15) is 26.7 Å². The summed E-state index contributed by atoms with van der Waals surface area (Å²) in [6, 6.07) is 7.86. The Morgan fingerprint density at radius 3 is 2.62 bits per heavy atom. The molecule has 0 fully saturated rings. The van der Waals surface area contributed by atoms with Crippen LogP contribution in [0, 0.1) is 5.92 Å². The number of nitrogens with zero attached hydrogens (tertiary/aromatic N) is 4. The summed E-state index contributed by atoms with van der Waals surface area (Å²) >= 11 is 0. The van der Waals surface area contributed by atoms with Gasteiger partial charge in [-0.1, -0.05) is 20.3 Å². The van der Waals surface area contributed by atoms with E-state index in [-0.39, 0.29) is 11.2 Å². The van der Waals surface area contributed by atoms with Crippen molar-refractivity contribution in [3.05, 3.63) is 45.1 Å². The number of aromatic amines is 1. The van der Waals surface area contributed by atoms with Crippen molar-refractivity contribution in [2.24, 2.45) is 13.0 Å². The maximum Gasteiger partial charge on any atom is 0.364 e. The number of hydrogen-bond donors (Lipinski definition) is 1. The molecule has 0 aliphatic carbocycles. The van der Waals surface area contributed by atoms with Crippen LogP contribution in [0.15, 0.2) is 33.9 Å². The maximum absolute atomic E-state index is 13.2. The first kappa shape index (κ1) is 19.3. The van der Waals surface area contributed by atoms with Crippen molar-refractivity contribution < 1.29 is 9.30 Å². The molecule has 3 heterocycles. The molecular formula is C21H28N5O3+. The Morgan fingerprint density at radius 1 is 1.24 bits per heavy atom. The lowest BCUT2D eigenvalue weighted by Crippen LogP contribution is -2.52. The van der Waals surface area contributed by atoms with Crippen LogP contribution in [0.4, 0.5) is 11.6 Å². The van der Waals surface area contributed by atoms with Gasteiger partial charge in [-0.3, -0.25) is 13.9 Å². The predicted molar refractivity (Wildman–Crippen MR) is 112 cm³/mol. The van der Waals surface area contributed by atoms with Gasteiger partial charge in [-0.25, -0.2) is 19.2 Å². The lowest BCUT2D eigenvalue weighted by atomic mass is 10.1. The van der Waals surface area contributed by atoms with Gasteiger partial charge in [0.15, 0.2) is 0 Å². The fourth-order valence-electron chi connectivity index (χ4n) is 4.08. The maximum atomic E-state index is 13.2. The zero-order valence-corrected chi connectivity index (χ0v) is 17.4. The minimum absolute atomic E-state index is 0.220. The van der Waals surface area contributed by atoms with Gasteiger partial charge in [0.2, 0.25) is 11.2 Å². The summed E-state index contributed by atoms with van der Waals surface area (Å²) in [6.07, 6.45) is 1.72. The summed E-state index contributed by atoms with van der Waals surface area (Å²) in [7, 11) is 3.37. The van der Waals surface area contributed by atoms with Crippen LogP contribution in [-0.4, -0.2) is 27.8 Å². The Balaban J connectivity index is 1.93. The highest BCUT2D eigenvalue weighted by molar-refractivity contribution is 5.70. The molecule has 8 heteroatoms. The molecule has 0 unspecified atom stereocenters. The number of imidazole rings is 1. The molecule has 0 saturated heterocycles. The van der Waals surface area contributed by atoms with Crippen LogP contribution in [0.2, 0.25) is 0 Å². The fraction of sp³-hybridized carbons (Fsp3) is 0.476.